The number of carboxylic acids is 1. The van der Waals surface area contributed by atoms with Crippen molar-refractivity contribution in [2.45, 2.75) is 45.2 Å². The van der Waals surface area contributed by atoms with Crippen LogP contribution in [0.25, 0.3) is 11.0 Å². The zero-order valence-electron chi connectivity index (χ0n) is 13.0. The molecule has 1 aliphatic rings. The van der Waals surface area contributed by atoms with Gasteiger partial charge in [0.25, 0.3) is 0 Å². The molecule has 0 spiro atoms. The Bertz CT molecular complexity index is 732. The Labute approximate surface area is 133 Å². The number of aryl methyl sites for hydroxylation is 1. The number of rotatable bonds is 5. The predicted octanol–water partition coefficient (Wildman–Crippen LogP) is 2.32. The summed E-state index contributed by atoms with van der Waals surface area (Å²) < 4.78 is 1.79. The van der Waals surface area contributed by atoms with E-state index in [2.05, 4.69) is 15.4 Å². The Morgan fingerprint density at radius 1 is 1.39 bits per heavy atom. The number of hydrogen-bond donors (Lipinski definition) is 2. The predicted molar refractivity (Wildman–Crippen MR) is 85.6 cm³/mol. The van der Waals surface area contributed by atoms with Crippen LogP contribution in [0.4, 0.5) is 5.69 Å². The average molecular weight is 316 g/mol. The molecule has 3 rings (SSSR count). The van der Waals surface area contributed by atoms with Gasteiger partial charge in [0, 0.05) is 18.8 Å². The van der Waals surface area contributed by atoms with Crippen LogP contribution in [0.2, 0.25) is 0 Å². The molecular weight excluding hydrogens is 296 g/mol. The smallest absolute Gasteiger partial charge is 0.306 e. The molecule has 0 atom stereocenters. The van der Waals surface area contributed by atoms with Gasteiger partial charge in [-0.3, -0.25) is 9.59 Å². The molecule has 2 heterocycles. The van der Waals surface area contributed by atoms with Gasteiger partial charge in [0.05, 0.1) is 28.8 Å². The maximum absolute atomic E-state index is 11.3. The van der Waals surface area contributed by atoms with Gasteiger partial charge < -0.3 is 10.4 Å². The molecule has 0 aliphatic heterocycles. The molecule has 7 heteroatoms. The molecule has 1 aliphatic carbocycles. The third-order valence-corrected chi connectivity index (χ3v) is 4.55. The molecule has 1 fully saturated rings. The molecule has 2 aromatic heterocycles. The Balaban J connectivity index is 1.86. The van der Waals surface area contributed by atoms with Crippen molar-refractivity contribution in [2.75, 3.05) is 5.32 Å². The first-order chi connectivity index (χ1) is 11.1. The lowest BCUT2D eigenvalue weighted by Gasteiger charge is -2.28. The van der Waals surface area contributed by atoms with E-state index >= 15 is 0 Å². The number of hydrogen-bond acceptors (Lipinski definition) is 5. The van der Waals surface area contributed by atoms with E-state index in [9.17, 15) is 9.59 Å². The minimum absolute atomic E-state index is 0.167. The van der Waals surface area contributed by atoms with Crippen LogP contribution < -0.4 is 5.32 Å². The Hall–Kier alpha value is -2.44. The van der Waals surface area contributed by atoms with E-state index in [0.717, 1.165) is 35.8 Å². The van der Waals surface area contributed by atoms with Crippen molar-refractivity contribution in [3.63, 3.8) is 0 Å². The summed E-state index contributed by atoms with van der Waals surface area (Å²) in [5.74, 6) is -0.966. The lowest BCUT2D eigenvalue weighted by Crippen LogP contribution is -2.29. The lowest BCUT2D eigenvalue weighted by atomic mass is 9.86. The molecule has 0 aromatic carbocycles. The fraction of sp³-hybridized carbons (Fsp3) is 0.500. The minimum Gasteiger partial charge on any atom is -0.481 e. The second kappa shape index (κ2) is 6.36. The van der Waals surface area contributed by atoms with E-state index in [0.29, 0.717) is 24.9 Å². The molecule has 0 saturated heterocycles. The van der Waals surface area contributed by atoms with Crippen molar-refractivity contribution in [2.24, 2.45) is 5.92 Å². The van der Waals surface area contributed by atoms with Crippen LogP contribution in [0.15, 0.2) is 12.4 Å². The van der Waals surface area contributed by atoms with Gasteiger partial charge >= 0.3 is 5.97 Å². The maximum atomic E-state index is 11.3. The summed E-state index contributed by atoms with van der Waals surface area (Å²) >= 11 is 0. The first-order valence-corrected chi connectivity index (χ1v) is 7.93. The van der Waals surface area contributed by atoms with Crippen LogP contribution in [-0.2, 0) is 11.3 Å². The lowest BCUT2D eigenvalue weighted by molar-refractivity contribution is -0.142. The number of nitrogens with one attached hydrogen (secondary N) is 1. The number of carbonyl (C=O) groups excluding carboxylic acids is 1. The van der Waals surface area contributed by atoms with Crippen LogP contribution in [-0.4, -0.2) is 38.2 Å². The summed E-state index contributed by atoms with van der Waals surface area (Å²) in [5.41, 5.74) is 2.01. The Kier molecular flexibility index (Phi) is 4.27. The number of aldehydes is 1. The van der Waals surface area contributed by atoms with E-state index in [1.54, 1.807) is 17.1 Å². The highest BCUT2D eigenvalue weighted by molar-refractivity contribution is 5.98. The first-order valence-electron chi connectivity index (χ1n) is 7.93. The van der Waals surface area contributed by atoms with Crippen molar-refractivity contribution in [3.8, 4) is 0 Å². The molecular formula is C16H20N4O3. The number of fused-ring (bicyclic) bond motifs is 1. The number of anilines is 1. The van der Waals surface area contributed by atoms with Crippen molar-refractivity contribution >= 4 is 29.0 Å². The van der Waals surface area contributed by atoms with Crippen molar-refractivity contribution in [3.05, 3.63) is 18.0 Å². The number of carboxylic acid groups (broad SMARTS) is 1. The molecule has 0 radical (unpaired) electrons. The van der Waals surface area contributed by atoms with Crippen LogP contribution in [0.5, 0.6) is 0 Å². The largest absolute Gasteiger partial charge is 0.481 e. The van der Waals surface area contributed by atoms with Gasteiger partial charge in [0.15, 0.2) is 11.9 Å². The standard InChI is InChI=1S/C16H20N4O3/c1-2-20-15-13(8-18-20)14(11(9-21)7-17-15)19-12-5-3-10(4-6-12)16(22)23/h7-10,12H,2-6H2,1H3,(H,17,19)(H,22,23). The highest BCUT2D eigenvalue weighted by atomic mass is 16.4. The zero-order chi connectivity index (χ0) is 16.4. The molecule has 23 heavy (non-hydrogen) atoms. The molecule has 0 bridgehead atoms. The third kappa shape index (κ3) is 2.91. The number of aromatic nitrogens is 3. The second-order valence-electron chi connectivity index (χ2n) is 5.94. The van der Waals surface area contributed by atoms with Crippen molar-refractivity contribution < 1.29 is 14.7 Å². The Morgan fingerprint density at radius 2 is 2.13 bits per heavy atom. The van der Waals surface area contributed by atoms with Gasteiger partial charge in [-0.15, -0.1) is 0 Å². The summed E-state index contributed by atoms with van der Waals surface area (Å²) in [7, 11) is 0. The summed E-state index contributed by atoms with van der Waals surface area (Å²) in [4.78, 5) is 26.7. The van der Waals surface area contributed by atoms with E-state index in [1.165, 1.54) is 0 Å². The molecule has 0 amide bonds. The molecule has 2 aromatic rings. The molecule has 0 unspecified atom stereocenters. The third-order valence-electron chi connectivity index (χ3n) is 4.55. The average Bonchev–Trinajstić information content (AvgIpc) is 2.99. The van der Waals surface area contributed by atoms with E-state index in [4.69, 9.17) is 5.11 Å². The van der Waals surface area contributed by atoms with Crippen molar-refractivity contribution in [1.82, 2.24) is 14.8 Å². The van der Waals surface area contributed by atoms with Gasteiger partial charge in [0.1, 0.15) is 0 Å². The second-order valence-corrected chi connectivity index (χ2v) is 5.94. The van der Waals surface area contributed by atoms with E-state index in [-0.39, 0.29) is 12.0 Å². The van der Waals surface area contributed by atoms with E-state index in [1.807, 2.05) is 6.92 Å². The fourth-order valence-electron chi connectivity index (χ4n) is 3.21. The summed E-state index contributed by atoms with van der Waals surface area (Å²) in [5, 5.41) is 17.6. The monoisotopic (exact) mass is 316 g/mol. The summed E-state index contributed by atoms with van der Waals surface area (Å²) in [6, 6.07) is 0.167. The number of aliphatic carboxylic acids is 1. The summed E-state index contributed by atoms with van der Waals surface area (Å²) in [6.45, 7) is 2.70. The fourth-order valence-corrected chi connectivity index (χ4v) is 3.21. The van der Waals surface area contributed by atoms with Gasteiger partial charge in [-0.1, -0.05) is 0 Å². The minimum atomic E-state index is -0.715. The van der Waals surface area contributed by atoms with Gasteiger partial charge in [-0.25, -0.2) is 9.67 Å². The van der Waals surface area contributed by atoms with Gasteiger partial charge in [0.2, 0.25) is 0 Å². The molecule has 2 N–H and O–H groups in total. The van der Waals surface area contributed by atoms with Crippen LogP contribution >= 0.6 is 0 Å². The number of carbonyl (C=O) groups is 2. The normalized spacial score (nSPS) is 21.3. The van der Waals surface area contributed by atoms with E-state index < -0.39 is 5.97 Å². The molecule has 7 nitrogen and oxygen atoms in total. The maximum Gasteiger partial charge on any atom is 0.306 e. The van der Waals surface area contributed by atoms with Crippen LogP contribution in [0, 0.1) is 5.92 Å². The number of pyridine rings is 1. The SMILES string of the molecule is CCn1ncc2c(NC3CCC(C(=O)O)CC3)c(C=O)cnc21. The first kappa shape index (κ1) is 15.5. The molecule has 122 valence electrons. The van der Waals surface area contributed by atoms with Gasteiger partial charge in [-0.05, 0) is 32.6 Å². The Morgan fingerprint density at radius 3 is 2.74 bits per heavy atom. The highest BCUT2D eigenvalue weighted by Crippen LogP contribution is 2.31. The van der Waals surface area contributed by atoms with Crippen LogP contribution in [0.3, 0.4) is 0 Å². The van der Waals surface area contributed by atoms with Crippen LogP contribution in [0.1, 0.15) is 43.0 Å². The number of nitrogens with zero attached hydrogens (tertiary/aromatic N) is 3. The zero-order valence-corrected chi connectivity index (χ0v) is 13.0. The quantitative estimate of drug-likeness (QED) is 0.822. The summed E-state index contributed by atoms with van der Waals surface area (Å²) in [6.07, 6.45) is 6.96. The topological polar surface area (TPSA) is 97.1 Å². The van der Waals surface area contributed by atoms with Crippen molar-refractivity contribution in [1.29, 1.82) is 0 Å². The molecule has 1 saturated carbocycles. The van der Waals surface area contributed by atoms with Gasteiger partial charge in [-0.2, -0.15) is 5.10 Å². The highest BCUT2D eigenvalue weighted by Gasteiger charge is 2.26.